The van der Waals surface area contributed by atoms with E-state index in [2.05, 4.69) is 11.9 Å². The molecule has 0 radical (unpaired) electrons. The Morgan fingerprint density at radius 2 is 2.29 bits per heavy atom. The van der Waals surface area contributed by atoms with Gasteiger partial charge in [-0.25, -0.2) is 0 Å². The van der Waals surface area contributed by atoms with Crippen LogP contribution in [0.4, 0.5) is 0 Å². The van der Waals surface area contributed by atoms with E-state index in [1.807, 2.05) is 36.2 Å². The predicted molar refractivity (Wildman–Crippen MR) is 71.7 cm³/mol. The van der Waals surface area contributed by atoms with Crippen LogP contribution in [0, 0.1) is 6.92 Å². The van der Waals surface area contributed by atoms with Gasteiger partial charge in [-0.2, -0.15) is 0 Å². The third-order valence-corrected chi connectivity index (χ3v) is 3.99. The van der Waals surface area contributed by atoms with E-state index in [1.54, 1.807) is 6.26 Å². The van der Waals surface area contributed by atoms with Crippen molar-refractivity contribution in [2.45, 2.75) is 24.1 Å². The van der Waals surface area contributed by atoms with E-state index in [0.717, 1.165) is 23.6 Å². The third kappa shape index (κ3) is 3.27. The van der Waals surface area contributed by atoms with E-state index in [1.165, 1.54) is 10.5 Å². The fraction of sp³-hybridized carbons (Fsp3) is 0.308. The number of pyridine rings is 1. The van der Waals surface area contributed by atoms with Crippen molar-refractivity contribution in [2.75, 3.05) is 5.75 Å². The van der Waals surface area contributed by atoms with Gasteiger partial charge in [-0.05, 0) is 30.7 Å². The van der Waals surface area contributed by atoms with Crippen molar-refractivity contribution in [1.29, 1.82) is 0 Å². The van der Waals surface area contributed by atoms with Gasteiger partial charge in [-0.15, -0.1) is 23.4 Å². The van der Waals surface area contributed by atoms with Crippen molar-refractivity contribution in [2.24, 2.45) is 0 Å². The summed E-state index contributed by atoms with van der Waals surface area (Å²) in [4.78, 5) is 5.50. The summed E-state index contributed by atoms with van der Waals surface area (Å²) < 4.78 is 5.30. The van der Waals surface area contributed by atoms with Crippen LogP contribution in [0.2, 0.25) is 0 Å². The Bertz CT molecular complexity index is 470. The van der Waals surface area contributed by atoms with Crippen molar-refractivity contribution in [3.8, 4) is 0 Å². The summed E-state index contributed by atoms with van der Waals surface area (Å²) in [5, 5.41) is 0. The number of rotatable bonds is 5. The molecule has 2 aromatic rings. The van der Waals surface area contributed by atoms with Crippen molar-refractivity contribution < 1.29 is 4.42 Å². The average Bonchev–Trinajstić information content (AvgIpc) is 2.84. The van der Waals surface area contributed by atoms with E-state index in [9.17, 15) is 0 Å². The average molecular weight is 268 g/mol. The smallest absolute Gasteiger partial charge is 0.104 e. The zero-order valence-corrected chi connectivity index (χ0v) is 11.2. The van der Waals surface area contributed by atoms with Crippen molar-refractivity contribution in [3.05, 3.63) is 47.7 Å². The highest BCUT2D eigenvalue weighted by Crippen LogP contribution is 2.25. The van der Waals surface area contributed by atoms with Crippen molar-refractivity contribution in [3.63, 3.8) is 0 Å². The maximum Gasteiger partial charge on any atom is 0.104 e. The summed E-state index contributed by atoms with van der Waals surface area (Å²) in [6, 6.07) is 5.96. The van der Waals surface area contributed by atoms with Gasteiger partial charge >= 0.3 is 0 Å². The van der Waals surface area contributed by atoms with Gasteiger partial charge in [-0.3, -0.25) is 4.98 Å². The van der Waals surface area contributed by atoms with Crippen molar-refractivity contribution >= 4 is 23.4 Å². The van der Waals surface area contributed by atoms with E-state index in [-0.39, 0.29) is 0 Å². The van der Waals surface area contributed by atoms with Gasteiger partial charge in [0.1, 0.15) is 5.76 Å². The molecule has 4 heteroatoms. The van der Waals surface area contributed by atoms with Gasteiger partial charge in [-0.1, -0.05) is 0 Å². The molecule has 0 spiro atoms. The summed E-state index contributed by atoms with van der Waals surface area (Å²) in [5.74, 6) is 2.50. The van der Waals surface area contributed by atoms with Crippen LogP contribution in [0.25, 0.3) is 0 Å². The van der Waals surface area contributed by atoms with Gasteiger partial charge in [0.05, 0.1) is 17.8 Å². The summed E-state index contributed by atoms with van der Waals surface area (Å²) in [6.07, 6.45) is 4.47. The molecule has 0 saturated carbocycles. The Morgan fingerprint density at radius 1 is 1.41 bits per heavy atom. The Kier molecular flexibility index (Phi) is 4.51. The van der Waals surface area contributed by atoms with Crippen LogP contribution in [0.5, 0.6) is 0 Å². The zero-order chi connectivity index (χ0) is 12.1. The lowest BCUT2D eigenvalue weighted by Gasteiger charge is -2.07. The Labute approximate surface area is 110 Å². The third-order valence-electron chi connectivity index (χ3n) is 2.57. The quantitative estimate of drug-likeness (QED) is 0.604. The molecule has 0 fully saturated rings. The lowest BCUT2D eigenvalue weighted by Crippen LogP contribution is -1.93. The second-order valence-electron chi connectivity index (χ2n) is 3.69. The molecule has 0 aliphatic carbocycles. The Morgan fingerprint density at radius 3 is 3.00 bits per heavy atom. The molecule has 0 aliphatic rings. The monoisotopic (exact) mass is 267 g/mol. The zero-order valence-electron chi connectivity index (χ0n) is 9.65. The molecule has 0 saturated heterocycles. The summed E-state index contributed by atoms with van der Waals surface area (Å²) in [6.45, 7) is 2.07. The summed E-state index contributed by atoms with van der Waals surface area (Å²) >= 11 is 7.65. The predicted octanol–water partition coefficient (Wildman–Crippen LogP) is 4.06. The van der Waals surface area contributed by atoms with Gasteiger partial charge in [0.15, 0.2) is 0 Å². The first-order valence-corrected chi connectivity index (χ1v) is 6.99. The number of furan rings is 1. The molecule has 2 nitrogen and oxygen atoms in total. The van der Waals surface area contributed by atoms with Crippen LogP contribution in [0.15, 0.2) is 40.0 Å². The van der Waals surface area contributed by atoms with E-state index in [4.69, 9.17) is 16.0 Å². The second kappa shape index (κ2) is 6.12. The highest BCUT2D eigenvalue weighted by atomic mass is 35.5. The van der Waals surface area contributed by atoms with Crippen LogP contribution < -0.4 is 0 Å². The molecule has 0 unspecified atom stereocenters. The number of aromatic nitrogens is 1. The topological polar surface area (TPSA) is 26.0 Å². The van der Waals surface area contributed by atoms with Gasteiger partial charge in [0.25, 0.3) is 0 Å². The van der Waals surface area contributed by atoms with Crippen LogP contribution >= 0.6 is 23.4 Å². The van der Waals surface area contributed by atoms with Crippen LogP contribution in [-0.2, 0) is 12.3 Å². The lowest BCUT2D eigenvalue weighted by atomic mass is 10.2. The molecule has 2 rings (SSSR count). The van der Waals surface area contributed by atoms with Crippen LogP contribution in [0.3, 0.4) is 0 Å². The Balaban J connectivity index is 1.95. The standard InChI is InChI=1S/C13H14ClNOS/c1-10-12(9-14)15-6-4-13(10)17-8-5-11-3-2-7-16-11/h2-4,6-7H,5,8-9H2,1H3. The second-order valence-corrected chi connectivity index (χ2v) is 5.10. The first-order valence-electron chi connectivity index (χ1n) is 5.47. The van der Waals surface area contributed by atoms with E-state index in [0.29, 0.717) is 5.88 Å². The molecule has 0 amide bonds. The van der Waals surface area contributed by atoms with E-state index < -0.39 is 0 Å². The number of hydrogen-bond acceptors (Lipinski definition) is 3. The normalized spacial score (nSPS) is 10.7. The van der Waals surface area contributed by atoms with Crippen LogP contribution in [0.1, 0.15) is 17.0 Å². The molecular weight excluding hydrogens is 254 g/mol. The van der Waals surface area contributed by atoms with Crippen LogP contribution in [-0.4, -0.2) is 10.7 Å². The molecule has 0 atom stereocenters. The minimum absolute atomic E-state index is 0.471. The van der Waals surface area contributed by atoms with E-state index >= 15 is 0 Å². The number of hydrogen-bond donors (Lipinski definition) is 0. The largest absolute Gasteiger partial charge is 0.469 e. The Hall–Kier alpha value is -0.930. The fourth-order valence-corrected chi connectivity index (χ4v) is 2.85. The number of alkyl halides is 1. The van der Waals surface area contributed by atoms with Gasteiger partial charge in [0, 0.05) is 23.3 Å². The molecule has 0 N–H and O–H groups in total. The molecular formula is C13H14ClNOS. The highest BCUT2D eigenvalue weighted by molar-refractivity contribution is 7.99. The molecule has 0 aliphatic heterocycles. The minimum Gasteiger partial charge on any atom is -0.469 e. The number of nitrogens with zero attached hydrogens (tertiary/aromatic N) is 1. The number of aryl methyl sites for hydroxylation is 1. The molecule has 0 bridgehead atoms. The number of halogens is 1. The molecule has 17 heavy (non-hydrogen) atoms. The summed E-state index contributed by atoms with van der Waals surface area (Å²) in [5.41, 5.74) is 2.15. The molecule has 0 aromatic carbocycles. The SMILES string of the molecule is Cc1c(SCCc2ccco2)ccnc1CCl. The number of thioether (sulfide) groups is 1. The molecule has 90 valence electrons. The highest BCUT2D eigenvalue weighted by Gasteiger charge is 2.05. The molecule has 2 heterocycles. The van der Waals surface area contributed by atoms with Crippen molar-refractivity contribution in [1.82, 2.24) is 4.98 Å². The molecule has 2 aromatic heterocycles. The van der Waals surface area contributed by atoms with Gasteiger partial charge < -0.3 is 4.42 Å². The maximum absolute atomic E-state index is 5.83. The summed E-state index contributed by atoms with van der Waals surface area (Å²) in [7, 11) is 0. The minimum atomic E-state index is 0.471. The first kappa shape index (κ1) is 12.5. The van der Waals surface area contributed by atoms with Gasteiger partial charge in [0.2, 0.25) is 0 Å². The maximum atomic E-state index is 5.83. The lowest BCUT2D eigenvalue weighted by molar-refractivity contribution is 0.517. The fourth-order valence-electron chi connectivity index (χ4n) is 1.57. The first-order chi connectivity index (χ1) is 8.31.